The largest absolute Gasteiger partial charge is 0.628 e. The number of hydrogen-bond acceptors (Lipinski definition) is 4. The summed E-state index contributed by atoms with van der Waals surface area (Å²) in [6.07, 6.45) is 0. The second-order valence-electron chi connectivity index (χ2n) is 14.2. The van der Waals surface area contributed by atoms with Crippen LogP contribution < -0.4 is 44.4 Å². The Morgan fingerprint density at radius 2 is 0.825 bits per heavy atom. The number of methoxy groups -OCH3 is 1. The van der Waals surface area contributed by atoms with Gasteiger partial charge in [-0.2, -0.15) is 0 Å². The van der Waals surface area contributed by atoms with E-state index < -0.39 is 16.1 Å². The fourth-order valence-electron chi connectivity index (χ4n) is 8.08. The van der Waals surface area contributed by atoms with Gasteiger partial charge in [0.2, 0.25) is 0 Å². The summed E-state index contributed by atoms with van der Waals surface area (Å²) >= 11 is 0. The number of benzene rings is 9. The fraction of sp³-hybridized carbons (Fsp3) is 0.0196. The molecule has 0 N–H and O–H groups in total. The van der Waals surface area contributed by atoms with E-state index in [-0.39, 0.29) is 0 Å². The predicted molar refractivity (Wildman–Crippen MR) is 238 cm³/mol. The first-order valence-corrected chi connectivity index (χ1v) is 22.6. The molecule has 0 fully saturated rings. The van der Waals surface area contributed by atoms with Gasteiger partial charge in [-0.15, -0.1) is 0 Å². The van der Waals surface area contributed by atoms with Crippen LogP contribution in [0.25, 0.3) is 32.7 Å². The van der Waals surface area contributed by atoms with Gasteiger partial charge in [0.25, 0.3) is 0 Å². The quantitative estimate of drug-likeness (QED) is 0.108. The van der Waals surface area contributed by atoms with E-state index in [1.807, 2.05) is 54.6 Å². The van der Waals surface area contributed by atoms with Crippen molar-refractivity contribution in [2.45, 2.75) is 0 Å². The molecule has 1 heterocycles. The lowest BCUT2D eigenvalue weighted by atomic mass is 10.0. The highest BCUT2D eigenvalue weighted by Gasteiger charge is 2.47. The van der Waals surface area contributed by atoms with Gasteiger partial charge in [-0.25, -0.2) is 0 Å². The first-order valence-electron chi connectivity index (χ1n) is 19.1. The average Bonchev–Trinajstić information content (AvgIpc) is 3.65. The van der Waals surface area contributed by atoms with E-state index >= 15 is 0 Å². The molecule has 275 valence electrons. The lowest BCUT2D eigenvalue weighted by molar-refractivity contribution is 0.310. The second-order valence-corrected chi connectivity index (χ2v) is 19.9. The van der Waals surface area contributed by atoms with Crippen molar-refractivity contribution in [3.63, 3.8) is 0 Å². The second kappa shape index (κ2) is 14.4. The normalized spacial score (nSPS) is 14.8. The zero-order valence-corrected chi connectivity index (χ0v) is 33.2. The van der Waals surface area contributed by atoms with Crippen molar-refractivity contribution in [1.82, 2.24) is 0 Å². The highest BCUT2D eigenvalue weighted by atomic mass is 31.2. The third-order valence-electron chi connectivity index (χ3n) is 10.8. The maximum atomic E-state index is 6.89. The third kappa shape index (κ3) is 6.13. The van der Waals surface area contributed by atoms with Crippen LogP contribution in [0.4, 0.5) is 0 Å². The van der Waals surface area contributed by atoms with Crippen molar-refractivity contribution < 1.29 is 18.0 Å². The molecule has 57 heavy (non-hydrogen) atoms. The molecule has 1 aliphatic heterocycles. The Balaban J connectivity index is 1.03. The third-order valence-corrected chi connectivity index (χ3v) is 17.6. The van der Waals surface area contributed by atoms with Crippen molar-refractivity contribution in [2.75, 3.05) is 7.11 Å². The molecular weight excluding hydrogens is 736 g/mol. The first-order chi connectivity index (χ1) is 28.1. The van der Waals surface area contributed by atoms with Crippen LogP contribution in [0.15, 0.2) is 212 Å². The summed E-state index contributed by atoms with van der Waals surface area (Å²) in [6.45, 7) is 0. The minimum atomic E-state index is -3.55. The summed E-state index contributed by atoms with van der Waals surface area (Å²) in [5.41, 5.74) is 2.27. The Morgan fingerprint density at radius 3 is 1.37 bits per heavy atom. The summed E-state index contributed by atoms with van der Waals surface area (Å²) in [7, 11) is -4.09. The minimum Gasteiger partial charge on any atom is -0.628 e. The van der Waals surface area contributed by atoms with Crippen molar-refractivity contribution >= 4 is 64.0 Å². The van der Waals surface area contributed by atoms with Gasteiger partial charge in [-0.3, -0.25) is 0 Å². The molecule has 6 heteroatoms. The highest BCUT2D eigenvalue weighted by molar-refractivity contribution is 8.01. The molecule has 4 nitrogen and oxygen atoms in total. The molecule has 9 aromatic rings. The number of ether oxygens (including phenoxy) is 1. The van der Waals surface area contributed by atoms with Crippen LogP contribution >= 0.6 is 7.26 Å². The highest BCUT2D eigenvalue weighted by Crippen LogP contribution is 2.54. The Morgan fingerprint density at radius 1 is 0.386 bits per heavy atom. The smallest absolute Gasteiger partial charge is 0.509 e. The topological polar surface area (TPSA) is 36.9 Å². The van der Waals surface area contributed by atoms with Crippen molar-refractivity contribution in [2.24, 2.45) is 0 Å². The van der Waals surface area contributed by atoms with E-state index in [1.54, 1.807) is 7.11 Å². The van der Waals surface area contributed by atoms with Crippen molar-refractivity contribution in [1.29, 1.82) is 0 Å². The Labute approximate surface area is 334 Å². The van der Waals surface area contributed by atoms with Crippen LogP contribution in [0.1, 0.15) is 0 Å². The zero-order valence-electron chi connectivity index (χ0n) is 31.3. The van der Waals surface area contributed by atoms with E-state index in [0.29, 0.717) is 23.0 Å². The van der Waals surface area contributed by atoms with E-state index in [2.05, 4.69) is 158 Å². The monoisotopic (exact) mass is 773 g/mol. The van der Waals surface area contributed by atoms with E-state index in [1.165, 1.54) is 21.2 Å². The van der Waals surface area contributed by atoms with Gasteiger partial charge in [-0.05, 0) is 112 Å². The fourth-order valence-corrected chi connectivity index (χ4v) is 14.7. The number of fused-ring (bicyclic) bond motifs is 3. The summed E-state index contributed by atoms with van der Waals surface area (Å²) in [5, 5.41) is 10.4. The predicted octanol–water partition coefficient (Wildman–Crippen LogP) is 9.98. The lowest BCUT2D eigenvalue weighted by Gasteiger charge is -2.38. The van der Waals surface area contributed by atoms with E-state index in [4.69, 9.17) is 18.0 Å². The molecule has 0 aromatic heterocycles. The number of rotatable bonds is 9. The van der Waals surface area contributed by atoms with Crippen molar-refractivity contribution in [3.8, 4) is 34.1 Å². The molecule has 0 saturated heterocycles. The Hall–Kier alpha value is -6.65. The van der Waals surface area contributed by atoms with Crippen molar-refractivity contribution in [3.05, 3.63) is 212 Å². The van der Waals surface area contributed by atoms with E-state index in [9.17, 15) is 0 Å². The molecule has 10 rings (SSSR count). The molecule has 1 atom stereocenters. The number of hydrogen-bond donors (Lipinski definition) is 0. The van der Waals surface area contributed by atoms with Crippen LogP contribution in [-0.4, -0.2) is 15.9 Å². The molecule has 0 bridgehead atoms. The summed E-state index contributed by atoms with van der Waals surface area (Å²) in [5.74, 6) is 2.52. The molecule has 1 unspecified atom stereocenters. The molecule has 0 saturated carbocycles. The molecule has 0 amide bonds. The van der Waals surface area contributed by atoms with Gasteiger partial charge >= 0.3 is 8.80 Å². The molecule has 1 aliphatic rings. The van der Waals surface area contributed by atoms with Crippen LogP contribution in [0.3, 0.4) is 0 Å². The van der Waals surface area contributed by atoms with Gasteiger partial charge in [0, 0.05) is 0 Å². The zero-order chi connectivity index (χ0) is 38.2. The lowest BCUT2D eigenvalue weighted by Crippen LogP contribution is -2.62. The maximum absolute atomic E-state index is 6.89. The molecule has 0 aliphatic carbocycles. The first kappa shape index (κ1) is 34.8. The van der Waals surface area contributed by atoms with Crippen LogP contribution in [-0.2, 0) is 0 Å². The summed E-state index contributed by atoms with van der Waals surface area (Å²) in [6, 6.07) is 75.0. The van der Waals surface area contributed by atoms with Gasteiger partial charge in [0.05, 0.1) is 7.11 Å². The van der Waals surface area contributed by atoms with Gasteiger partial charge in [0.1, 0.15) is 45.7 Å². The SMILES string of the molecule is COc1cc2ccccc2cc1O[Si-]1(c2ccccc2)Oc2cc3ccc(-c4ccc([P+](c5ccccc5)(c5ccccc5)c5ccccc5)cc4)cc3cc2O1. The van der Waals surface area contributed by atoms with Crippen LogP contribution in [0, 0.1) is 0 Å². The molecule has 0 radical (unpaired) electrons. The van der Waals surface area contributed by atoms with Gasteiger partial charge in [-0.1, -0.05) is 139 Å². The summed E-state index contributed by atoms with van der Waals surface area (Å²) < 4.78 is 26.4. The molecule has 9 aromatic carbocycles. The maximum Gasteiger partial charge on any atom is 0.509 e. The Bertz CT molecular complexity index is 2760. The average molecular weight is 774 g/mol. The van der Waals surface area contributed by atoms with E-state index in [0.717, 1.165) is 37.9 Å². The van der Waals surface area contributed by atoms with Crippen LogP contribution in [0.2, 0.25) is 0 Å². The van der Waals surface area contributed by atoms with Gasteiger partial charge in [0.15, 0.2) is 5.75 Å². The Kier molecular flexibility index (Phi) is 8.82. The standard InChI is InChI=1S/C51H38O4PSi/c1-52-48-33-38-16-14-15-17-39(38)34-49(48)53-57(47-24-12-5-13-25-47)54-50-35-41-27-26-40(32-42(41)36-51(50)55-57)37-28-30-46(31-29-37)56(43-18-6-2-7-19-43,44-20-8-3-9-21-44)45-22-10-4-11-23-45/h2-36H,1H3. The van der Waals surface area contributed by atoms with Gasteiger partial charge < -0.3 is 18.0 Å². The summed E-state index contributed by atoms with van der Waals surface area (Å²) in [4.78, 5) is 0. The molecule has 0 spiro atoms. The van der Waals surface area contributed by atoms with Crippen LogP contribution in [0.5, 0.6) is 23.0 Å². The minimum absolute atomic E-state index is 0.577. The molecular formula is C51H38O4PSi.